The minimum absolute atomic E-state index is 0.0770. The van der Waals surface area contributed by atoms with Crippen molar-refractivity contribution < 1.29 is 0 Å². The maximum Gasteiger partial charge on any atom is 0.140 e. The van der Waals surface area contributed by atoms with E-state index in [4.69, 9.17) is 11.4 Å². The van der Waals surface area contributed by atoms with Crippen molar-refractivity contribution in [3.05, 3.63) is 59.7 Å². The summed E-state index contributed by atoms with van der Waals surface area (Å²) in [5, 5.41) is 5.77. The number of hydrogen-bond donors (Lipinski definition) is 1. The van der Waals surface area contributed by atoms with Crippen molar-refractivity contribution >= 4 is 22.8 Å². The molecule has 1 aliphatic carbocycles. The number of pyridine rings is 2. The zero-order chi connectivity index (χ0) is 22.2. The van der Waals surface area contributed by atoms with Gasteiger partial charge in [0.1, 0.15) is 17.2 Å². The smallest absolute Gasteiger partial charge is 0.140 e. The van der Waals surface area contributed by atoms with E-state index in [1.807, 2.05) is 48.1 Å². The Morgan fingerprint density at radius 2 is 1.87 bits per heavy atom. The van der Waals surface area contributed by atoms with Crippen LogP contribution in [0.1, 0.15) is 46.6 Å². The molecule has 0 radical (unpaired) electrons. The van der Waals surface area contributed by atoms with E-state index in [0.29, 0.717) is 0 Å². The van der Waals surface area contributed by atoms with E-state index in [1.165, 1.54) is 11.3 Å². The number of fused-ring (bicyclic) bond motifs is 2. The number of thiophene rings is 1. The third-order valence-corrected chi connectivity index (χ3v) is 5.98. The standard InChI is InChI=1S/C21H25N3S.C5H3N/c1-7-15-11-13-25-18(15)17-19(23-21(5,6)14-20(2,3)4)24-12-9-8-10-16(24)22-17;1-2-5-4(1)3-6-5/h1,8-13,23H,14H2,2-6H3;1-3H. The number of nitrogens with one attached hydrogen (secondary N) is 1. The van der Waals surface area contributed by atoms with E-state index in [-0.39, 0.29) is 11.0 Å². The van der Waals surface area contributed by atoms with Crippen molar-refractivity contribution in [2.45, 2.75) is 46.6 Å². The first-order valence-corrected chi connectivity index (χ1v) is 11.3. The number of hydrogen-bond acceptors (Lipinski definition) is 4. The Kier molecular flexibility index (Phi) is 5.36. The number of nitrogens with zero attached hydrogens (tertiary/aromatic N) is 3. The quantitative estimate of drug-likeness (QED) is 0.323. The fourth-order valence-electron chi connectivity index (χ4n) is 4.12. The lowest BCUT2D eigenvalue weighted by atomic mass is 9.82. The van der Waals surface area contributed by atoms with Gasteiger partial charge in [-0.05, 0) is 61.4 Å². The predicted octanol–water partition coefficient (Wildman–Crippen LogP) is 6.73. The van der Waals surface area contributed by atoms with Gasteiger partial charge in [-0.15, -0.1) is 17.8 Å². The third kappa shape index (κ3) is 4.50. The molecule has 3 aromatic rings. The van der Waals surface area contributed by atoms with Crippen LogP contribution in [0.5, 0.6) is 0 Å². The molecule has 31 heavy (non-hydrogen) atoms. The summed E-state index contributed by atoms with van der Waals surface area (Å²) in [5.74, 6) is 3.78. The molecular weight excluding hydrogens is 400 g/mol. The first-order valence-electron chi connectivity index (χ1n) is 10.4. The SMILES string of the molecule is C#Cc1ccsc1-c1nc2ccccn2c1NC(C)(C)CC(C)(C)C.c1cc2ncc1-2. The number of aromatic nitrogens is 3. The highest BCUT2D eigenvalue weighted by Gasteiger charge is 2.28. The molecule has 5 heteroatoms. The lowest BCUT2D eigenvalue weighted by molar-refractivity contribution is 0.302. The molecule has 0 amide bonds. The maximum atomic E-state index is 5.69. The molecular formula is C26H28N4S. The summed E-state index contributed by atoms with van der Waals surface area (Å²) in [6, 6.07) is 12.1. The van der Waals surface area contributed by atoms with E-state index in [9.17, 15) is 0 Å². The fourth-order valence-corrected chi connectivity index (χ4v) is 4.97. The van der Waals surface area contributed by atoms with Gasteiger partial charge in [-0.3, -0.25) is 9.38 Å². The van der Waals surface area contributed by atoms with Crippen LogP contribution in [-0.2, 0) is 0 Å². The summed E-state index contributed by atoms with van der Waals surface area (Å²) >= 11 is 1.64. The summed E-state index contributed by atoms with van der Waals surface area (Å²) in [7, 11) is 0. The van der Waals surface area contributed by atoms with Gasteiger partial charge in [-0.25, -0.2) is 4.98 Å². The lowest BCUT2D eigenvalue weighted by Crippen LogP contribution is -2.36. The normalized spacial score (nSPS) is 12.1. The summed E-state index contributed by atoms with van der Waals surface area (Å²) in [6.45, 7) is 11.3. The van der Waals surface area contributed by atoms with Crippen LogP contribution >= 0.6 is 11.3 Å². The molecule has 4 heterocycles. The Bertz CT molecular complexity index is 1230. The van der Waals surface area contributed by atoms with Crippen molar-refractivity contribution in [3.63, 3.8) is 0 Å². The molecule has 0 saturated heterocycles. The van der Waals surface area contributed by atoms with Crippen LogP contribution in [0, 0.1) is 17.8 Å². The first-order chi connectivity index (χ1) is 14.7. The highest BCUT2D eigenvalue weighted by atomic mass is 32.1. The maximum absolute atomic E-state index is 5.69. The van der Waals surface area contributed by atoms with Crippen molar-refractivity contribution in [2.24, 2.45) is 5.41 Å². The Balaban J connectivity index is 0.000000325. The van der Waals surface area contributed by atoms with Crippen LogP contribution < -0.4 is 5.32 Å². The highest BCUT2D eigenvalue weighted by Crippen LogP contribution is 2.38. The van der Waals surface area contributed by atoms with Gasteiger partial charge in [-0.1, -0.05) is 32.8 Å². The van der Waals surface area contributed by atoms with Crippen LogP contribution in [-0.4, -0.2) is 19.9 Å². The van der Waals surface area contributed by atoms with Crippen LogP contribution in [0.15, 0.2) is 54.2 Å². The summed E-state index contributed by atoms with van der Waals surface area (Å²) in [4.78, 5) is 9.81. The topological polar surface area (TPSA) is 42.2 Å². The molecule has 4 nitrogen and oxygen atoms in total. The Morgan fingerprint density at radius 3 is 2.42 bits per heavy atom. The predicted molar refractivity (Wildman–Crippen MR) is 131 cm³/mol. The largest absolute Gasteiger partial charge is 0.364 e. The van der Waals surface area contributed by atoms with Crippen LogP contribution in [0.3, 0.4) is 0 Å². The second-order valence-corrected chi connectivity index (χ2v) is 10.6. The summed E-state index contributed by atoms with van der Waals surface area (Å²) < 4.78 is 2.11. The molecule has 5 rings (SSSR count). The van der Waals surface area contributed by atoms with Gasteiger partial charge >= 0.3 is 0 Å². The first kappa shape index (κ1) is 21.1. The van der Waals surface area contributed by atoms with E-state index in [0.717, 1.165) is 34.0 Å². The zero-order valence-corrected chi connectivity index (χ0v) is 19.5. The van der Waals surface area contributed by atoms with Crippen molar-refractivity contribution in [1.29, 1.82) is 0 Å². The van der Waals surface area contributed by atoms with Gasteiger partial charge in [0.2, 0.25) is 0 Å². The van der Waals surface area contributed by atoms with Crippen molar-refractivity contribution in [2.75, 3.05) is 5.32 Å². The van der Waals surface area contributed by atoms with E-state index >= 15 is 0 Å². The molecule has 0 bridgehead atoms. The number of terminal acetylenes is 1. The summed E-state index contributed by atoms with van der Waals surface area (Å²) in [6.07, 6.45) is 10.6. The average Bonchev–Trinajstić information content (AvgIpc) is 3.27. The molecule has 0 fully saturated rings. The van der Waals surface area contributed by atoms with E-state index in [1.54, 1.807) is 11.3 Å². The Morgan fingerprint density at radius 1 is 1.10 bits per heavy atom. The van der Waals surface area contributed by atoms with Gasteiger partial charge in [-0.2, -0.15) is 0 Å². The molecule has 0 saturated carbocycles. The van der Waals surface area contributed by atoms with E-state index < -0.39 is 0 Å². The van der Waals surface area contributed by atoms with Gasteiger partial charge < -0.3 is 5.32 Å². The minimum Gasteiger partial charge on any atom is -0.364 e. The second kappa shape index (κ2) is 7.86. The fraction of sp³-hybridized carbons (Fsp3) is 0.308. The minimum atomic E-state index is -0.0770. The number of anilines is 1. The van der Waals surface area contributed by atoms with Gasteiger partial charge in [0.15, 0.2) is 0 Å². The van der Waals surface area contributed by atoms with E-state index in [2.05, 4.69) is 61.3 Å². The van der Waals surface area contributed by atoms with Gasteiger partial charge in [0, 0.05) is 29.1 Å². The molecule has 0 spiro atoms. The summed E-state index contributed by atoms with van der Waals surface area (Å²) in [5.41, 5.74) is 5.38. The molecule has 1 aliphatic heterocycles. The van der Waals surface area contributed by atoms with Gasteiger partial charge in [0.25, 0.3) is 0 Å². The zero-order valence-electron chi connectivity index (χ0n) is 18.7. The van der Waals surface area contributed by atoms with Crippen LogP contribution in [0.4, 0.5) is 5.82 Å². The highest BCUT2D eigenvalue weighted by molar-refractivity contribution is 7.13. The number of imidazole rings is 1. The van der Waals surface area contributed by atoms with Crippen LogP contribution in [0.2, 0.25) is 0 Å². The molecule has 3 aromatic heterocycles. The molecule has 0 atom stereocenters. The molecule has 2 aliphatic rings. The lowest BCUT2D eigenvalue weighted by Gasteiger charge is -2.34. The monoisotopic (exact) mass is 428 g/mol. The molecule has 158 valence electrons. The average molecular weight is 429 g/mol. The molecule has 1 N–H and O–H groups in total. The second-order valence-electron chi connectivity index (χ2n) is 9.72. The number of rotatable bonds is 4. The molecule has 0 aromatic carbocycles. The Hall–Kier alpha value is -3.10. The Labute approximate surface area is 188 Å². The van der Waals surface area contributed by atoms with Crippen molar-refractivity contribution in [1.82, 2.24) is 14.4 Å². The van der Waals surface area contributed by atoms with Gasteiger partial charge in [0.05, 0.1) is 10.6 Å². The van der Waals surface area contributed by atoms with Crippen LogP contribution in [0.25, 0.3) is 27.5 Å². The van der Waals surface area contributed by atoms with Crippen molar-refractivity contribution in [3.8, 4) is 34.2 Å². The molecule has 0 unspecified atom stereocenters. The third-order valence-electron chi connectivity index (χ3n) is 5.05.